The van der Waals surface area contributed by atoms with E-state index in [-0.39, 0.29) is 41.0 Å². The van der Waals surface area contributed by atoms with Crippen LogP contribution in [-0.2, 0) is 0 Å². The zero-order valence-corrected chi connectivity index (χ0v) is 12.8. The summed E-state index contributed by atoms with van der Waals surface area (Å²) in [6.07, 6.45) is 4.30. The van der Waals surface area contributed by atoms with Crippen molar-refractivity contribution in [1.29, 1.82) is 0 Å². The standard InChI is InChI=1S/C18H19FO4/c19-12-6-8-17-13(9-12)16(22)10-18(23-17)15(21)7-5-11-3-1-2-4-14(11)20/h6,8-11,14,20H,1-5,7H2/t11?,14-/m1/s1. The fraction of sp³-hybridized carbons (Fsp3) is 0.444. The number of aliphatic hydroxyl groups excluding tert-OH is 1. The SMILES string of the molecule is O=C(CCC1CCCC[C@H]1O)c1cc(=O)c2cc(F)ccc2o1. The maximum atomic E-state index is 13.2. The van der Waals surface area contributed by atoms with Crippen molar-refractivity contribution in [3.63, 3.8) is 0 Å². The summed E-state index contributed by atoms with van der Waals surface area (Å²) in [6, 6.07) is 4.78. The van der Waals surface area contributed by atoms with Crippen molar-refractivity contribution in [3.05, 3.63) is 46.1 Å². The van der Waals surface area contributed by atoms with Crippen LogP contribution in [0.1, 0.15) is 49.1 Å². The van der Waals surface area contributed by atoms with E-state index in [0.717, 1.165) is 37.8 Å². The van der Waals surface area contributed by atoms with E-state index in [4.69, 9.17) is 4.42 Å². The molecule has 4 nitrogen and oxygen atoms in total. The van der Waals surface area contributed by atoms with Crippen LogP contribution >= 0.6 is 0 Å². The average Bonchev–Trinajstić information content (AvgIpc) is 2.54. The fourth-order valence-electron chi connectivity index (χ4n) is 3.23. The monoisotopic (exact) mass is 318 g/mol. The highest BCUT2D eigenvalue weighted by Crippen LogP contribution is 2.28. The number of ketones is 1. The molecule has 3 rings (SSSR count). The number of halogens is 1. The van der Waals surface area contributed by atoms with E-state index in [1.807, 2.05) is 0 Å². The molecule has 1 aromatic heterocycles. The van der Waals surface area contributed by atoms with E-state index in [0.29, 0.717) is 6.42 Å². The lowest BCUT2D eigenvalue weighted by Gasteiger charge is -2.27. The molecular weight excluding hydrogens is 299 g/mol. The molecule has 0 bridgehead atoms. The Morgan fingerprint density at radius 1 is 1.26 bits per heavy atom. The lowest BCUT2D eigenvalue weighted by atomic mass is 9.83. The molecule has 1 aromatic carbocycles. The maximum Gasteiger partial charge on any atom is 0.198 e. The predicted molar refractivity (Wildman–Crippen MR) is 84.0 cm³/mol. The number of hydrogen-bond donors (Lipinski definition) is 1. The Morgan fingerprint density at radius 2 is 2.04 bits per heavy atom. The first kappa shape index (κ1) is 15.9. The van der Waals surface area contributed by atoms with Crippen LogP contribution in [0.4, 0.5) is 4.39 Å². The molecule has 2 atom stereocenters. The van der Waals surface area contributed by atoms with Crippen LogP contribution in [0.25, 0.3) is 11.0 Å². The third-order valence-electron chi connectivity index (χ3n) is 4.58. The van der Waals surface area contributed by atoms with Crippen LogP contribution < -0.4 is 5.43 Å². The molecule has 2 aromatic rings. The highest BCUT2D eigenvalue weighted by atomic mass is 19.1. The Bertz CT molecular complexity index is 780. The minimum absolute atomic E-state index is 0.000549. The van der Waals surface area contributed by atoms with E-state index in [9.17, 15) is 19.1 Å². The summed E-state index contributed by atoms with van der Waals surface area (Å²) in [4.78, 5) is 24.3. The summed E-state index contributed by atoms with van der Waals surface area (Å²) in [5.74, 6) is -0.644. The summed E-state index contributed by atoms with van der Waals surface area (Å²) < 4.78 is 18.6. The number of aliphatic hydroxyl groups is 1. The quantitative estimate of drug-likeness (QED) is 0.877. The first-order chi connectivity index (χ1) is 11.0. The van der Waals surface area contributed by atoms with Gasteiger partial charge in [-0.3, -0.25) is 9.59 Å². The van der Waals surface area contributed by atoms with Crippen LogP contribution in [0.2, 0.25) is 0 Å². The van der Waals surface area contributed by atoms with Crippen LogP contribution in [0.5, 0.6) is 0 Å². The molecule has 1 saturated carbocycles. The van der Waals surface area contributed by atoms with Crippen molar-refractivity contribution in [2.24, 2.45) is 5.92 Å². The van der Waals surface area contributed by atoms with E-state index in [1.54, 1.807) is 0 Å². The number of hydrogen-bond acceptors (Lipinski definition) is 4. The molecule has 0 radical (unpaired) electrons. The molecule has 1 heterocycles. The van der Waals surface area contributed by atoms with Gasteiger partial charge in [-0.25, -0.2) is 4.39 Å². The summed E-state index contributed by atoms with van der Waals surface area (Å²) in [6.45, 7) is 0. The van der Waals surface area contributed by atoms with Gasteiger partial charge in [-0.15, -0.1) is 0 Å². The molecule has 0 spiro atoms. The van der Waals surface area contributed by atoms with Gasteiger partial charge in [-0.2, -0.15) is 0 Å². The number of carbonyl (C=O) groups is 1. The van der Waals surface area contributed by atoms with Crippen LogP contribution in [-0.4, -0.2) is 17.0 Å². The van der Waals surface area contributed by atoms with E-state index < -0.39 is 11.2 Å². The molecule has 1 N–H and O–H groups in total. The Morgan fingerprint density at radius 3 is 2.83 bits per heavy atom. The highest BCUT2D eigenvalue weighted by molar-refractivity contribution is 5.94. The van der Waals surface area contributed by atoms with Crippen molar-refractivity contribution in [2.45, 2.75) is 44.6 Å². The van der Waals surface area contributed by atoms with Crippen molar-refractivity contribution < 1.29 is 18.7 Å². The van der Waals surface area contributed by atoms with E-state index in [2.05, 4.69) is 0 Å². The van der Waals surface area contributed by atoms with Gasteiger partial charge in [0.15, 0.2) is 17.0 Å². The van der Waals surface area contributed by atoms with Crippen LogP contribution in [0.15, 0.2) is 33.5 Å². The van der Waals surface area contributed by atoms with Gasteiger partial charge in [0, 0.05) is 12.5 Å². The number of rotatable bonds is 4. The van der Waals surface area contributed by atoms with Gasteiger partial charge in [-0.1, -0.05) is 12.8 Å². The molecule has 1 fully saturated rings. The van der Waals surface area contributed by atoms with Gasteiger partial charge in [0.1, 0.15) is 11.4 Å². The number of Topliss-reactive ketones (excluding diaryl/α,β-unsaturated/α-hetero) is 1. The van der Waals surface area contributed by atoms with Crippen LogP contribution in [0, 0.1) is 11.7 Å². The topological polar surface area (TPSA) is 67.5 Å². The first-order valence-electron chi connectivity index (χ1n) is 7.99. The largest absolute Gasteiger partial charge is 0.453 e. The molecule has 1 aliphatic rings. The van der Waals surface area contributed by atoms with Crippen molar-refractivity contribution in [1.82, 2.24) is 0 Å². The maximum absolute atomic E-state index is 13.2. The van der Waals surface area contributed by atoms with Crippen molar-refractivity contribution >= 4 is 16.8 Å². The second-order valence-corrected chi connectivity index (χ2v) is 6.19. The van der Waals surface area contributed by atoms with Crippen molar-refractivity contribution in [3.8, 4) is 0 Å². The van der Waals surface area contributed by atoms with Crippen LogP contribution in [0.3, 0.4) is 0 Å². The van der Waals surface area contributed by atoms with Gasteiger partial charge in [-0.05, 0) is 43.4 Å². The third-order valence-corrected chi connectivity index (χ3v) is 4.58. The minimum atomic E-state index is -0.518. The molecule has 0 amide bonds. The first-order valence-corrected chi connectivity index (χ1v) is 7.99. The number of benzene rings is 1. The number of carbonyl (C=O) groups excluding carboxylic acids is 1. The minimum Gasteiger partial charge on any atom is -0.453 e. The van der Waals surface area contributed by atoms with Gasteiger partial charge in [0.2, 0.25) is 0 Å². The summed E-state index contributed by atoms with van der Waals surface area (Å²) in [5, 5.41) is 10.1. The molecule has 1 unspecified atom stereocenters. The van der Waals surface area contributed by atoms with Gasteiger partial charge in [0.25, 0.3) is 0 Å². The van der Waals surface area contributed by atoms with Crippen molar-refractivity contribution in [2.75, 3.05) is 0 Å². The lowest BCUT2D eigenvalue weighted by Crippen LogP contribution is -2.25. The molecular formula is C18H19FO4. The molecule has 0 saturated heterocycles. The molecule has 0 aliphatic heterocycles. The molecule has 5 heteroatoms. The lowest BCUT2D eigenvalue weighted by molar-refractivity contribution is 0.0619. The van der Waals surface area contributed by atoms with E-state index >= 15 is 0 Å². The zero-order valence-electron chi connectivity index (χ0n) is 12.8. The fourth-order valence-corrected chi connectivity index (χ4v) is 3.23. The summed E-state index contributed by atoms with van der Waals surface area (Å²) in [7, 11) is 0. The smallest absolute Gasteiger partial charge is 0.198 e. The average molecular weight is 318 g/mol. The predicted octanol–water partition coefficient (Wildman–Crippen LogP) is 3.45. The molecule has 1 aliphatic carbocycles. The molecule has 23 heavy (non-hydrogen) atoms. The Labute approximate surface area is 132 Å². The van der Waals surface area contributed by atoms with Gasteiger partial charge in [0.05, 0.1) is 11.5 Å². The number of fused-ring (bicyclic) bond motifs is 1. The Kier molecular flexibility index (Phi) is 4.57. The Balaban J connectivity index is 1.76. The highest BCUT2D eigenvalue weighted by Gasteiger charge is 2.24. The zero-order chi connectivity index (χ0) is 16.4. The summed E-state index contributed by atoms with van der Waals surface area (Å²) in [5.41, 5.74) is -0.216. The van der Waals surface area contributed by atoms with E-state index in [1.165, 1.54) is 12.1 Å². The normalized spacial score (nSPS) is 21.5. The van der Waals surface area contributed by atoms with Gasteiger partial charge < -0.3 is 9.52 Å². The Hall–Kier alpha value is -2.01. The summed E-state index contributed by atoms with van der Waals surface area (Å²) >= 11 is 0. The van der Waals surface area contributed by atoms with Gasteiger partial charge >= 0.3 is 0 Å². The molecule has 122 valence electrons. The third kappa shape index (κ3) is 3.50. The second-order valence-electron chi connectivity index (χ2n) is 6.19. The second kappa shape index (κ2) is 6.62.